The first-order valence-electron chi connectivity index (χ1n) is 4.36. The lowest BCUT2D eigenvalue weighted by Gasteiger charge is -2.35. The summed E-state index contributed by atoms with van der Waals surface area (Å²) < 4.78 is 0.765. The van der Waals surface area contributed by atoms with Crippen LogP contribution in [0.15, 0.2) is 16.9 Å². The van der Waals surface area contributed by atoms with Crippen molar-refractivity contribution in [3.8, 4) is 0 Å². The van der Waals surface area contributed by atoms with E-state index in [9.17, 15) is 4.79 Å². The second kappa shape index (κ2) is 3.31. The Morgan fingerprint density at radius 2 is 2.00 bits per heavy atom. The lowest BCUT2D eigenvalue weighted by Crippen LogP contribution is -2.43. The summed E-state index contributed by atoms with van der Waals surface area (Å²) in [6.45, 7) is 0. The topological polar surface area (TPSA) is 63.1 Å². The lowest BCUT2D eigenvalue weighted by atomic mass is 9.68. The summed E-state index contributed by atoms with van der Waals surface area (Å²) in [6.07, 6.45) is 5.40. The molecule has 0 bridgehead atoms. The largest absolute Gasteiger partial charge is 0.480 e. The number of hydrogen-bond donors (Lipinski definition) is 1. The Labute approximate surface area is 89.5 Å². The number of aromatic nitrogens is 2. The Morgan fingerprint density at radius 1 is 1.43 bits per heavy atom. The fourth-order valence-electron chi connectivity index (χ4n) is 1.62. The first kappa shape index (κ1) is 9.58. The van der Waals surface area contributed by atoms with Gasteiger partial charge in [0.05, 0.1) is 4.47 Å². The van der Waals surface area contributed by atoms with Gasteiger partial charge in [0.25, 0.3) is 0 Å². The molecule has 1 aliphatic carbocycles. The van der Waals surface area contributed by atoms with Gasteiger partial charge in [-0.05, 0) is 28.8 Å². The summed E-state index contributed by atoms with van der Waals surface area (Å²) in [4.78, 5) is 19.2. The molecule has 74 valence electrons. The summed E-state index contributed by atoms with van der Waals surface area (Å²) in [6, 6.07) is 0. The van der Waals surface area contributed by atoms with Gasteiger partial charge in [-0.15, -0.1) is 0 Å². The van der Waals surface area contributed by atoms with Gasteiger partial charge < -0.3 is 5.11 Å². The molecule has 5 heteroatoms. The van der Waals surface area contributed by atoms with Gasteiger partial charge in [0.1, 0.15) is 11.2 Å². The molecule has 0 aliphatic heterocycles. The smallest absolute Gasteiger partial charge is 0.317 e. The van der Waals surface area contributed by atoms with E-state index in [1.165, 1.54) is 0 Å². The van der Waals surface area contributed by atoms with Gasteiger partial charge in [0.2, 0.25) is 0 Å². The minimum atomic E-state index is -0.819. The van der Waals surface area contributed by atoms with Crippen LogP contribution in [0.25, 0.3) is 0 Å². The van der Waals surface area contributed by atoms with Crippen molar-refractivity contribution in [2.45, 2.75) is 24.7 Å². The Hall–Kier alpha value is -0.970. The van der Waals surface area contributed by atoms with Crippen molar-refractivity contribution >= 4 is 21.9 Å². The third-order valence-corrected chi connectivity index (χ3v) is 3.07. The van der Waals surface area contributed by atoms with E-state index < -0.39 is 11.4 Å². The van der Waals surface area contributed by atoms with Crippen molar-refractivity contribution in [2.24, 2.45) is 0 Å². The van der Waals surface area contributed by atoms with Gasteiger partial charge in [-0.2, -0.15) is 0 Å². The Bertz CT molecular complexity index is 360. The van der Waals surface area contributed by atoms with Crippen LogP contribution in [0.2, 0.25) is 0 Å². The van der Waals surface area contributed by atoms with E-state index >= 15 is 0 Å². The highest BCUT2D eigenvalue weighted by Gasteiger charge is 2.48. The van der Waals surface area contributed by atoms with E-state index in [2.05, 4.69) is 25.9 Å². The van der Waals surface area contributed by atoms with Crippen LogP contribution >= 0.6 is 15.9 Å². The summed E-state index contributed by atoms with van der Waals surface area (Å²) in [7, 11) is 0. The minimum absolute atomic E-state index is 0.430. The SMILES string of the molecule is O=C(O)C1(c2ncc(Br)cn2)CCC1. The van der Waals surface area contributed by atoms with E-state index in [0.29, 0.717) is 18.7 Å². The summed E-state index contributed by atoms with van der Waals surface area (Å²) in [5.74, 6) is -0.384. The first-order chi connectivity index (χ1) is 6.65. The summed E-state index contributed by atoms with van der Waals surface area (Å²) >= 11 is 3.22. The van der Waals surface area contributed by atoms with Crippen LogP contribution in [-0.2, 0) is 10.2 Å². The number of halogens is 1. The van der Waals surface area contributed by atoms with Crippen molar-refractivity contribution in [1.29, 1.82) is 0 Å². The zero-order chi connectivity index (χ0) is 10.2. The van der Waals surface area contributed by atoms with Crippen molar-refractivity contribution in [3.05, 3.63) is 22.7 Å². The van der Waals surface area contributed by atoms with Crippen LogP contribution in [0.1, 0.15) is 25.1 Å². The van der Waals surface area contributed by atoms with Crippen LogP contribution in [0, 0.1) is 0 Å². The molecule has 4 nitrogen and oxygen atoms in total. The third kappa shape index (κ3) is 1.32. The lowest BCUT2D eigenvalue weighted by molar-refractivity contribution is -0.147. The predicted molar refractivity (Wildman–Crippen MR) is 52.9 cm³/mol. The minimum Gasteiger partial charge on any atom is -0.480 e. The highest BCUT2D eigenvalue weighted by molar-refractivity contribution is 9.10. The molecule has 1 aliphatic rings. The van der Waals surface area contributed by atoms with Crippen molar-refractivity contribution in [2.75, 3.05) is 0 Å². The van der Waals surface area contributed by atoms with Crippen LogP contribution < -0.4 is 0 Å². The highest BCUT2D eigenvalue weighted by Crippen LogP contribution is 2.42. The van der Waals surface area contributed by atoms with E-state index in [4.69, 9.17) is 5.11 Å². The number of carboxylic acids is 1. The van der Waals surface area contributed by atoms with E-state index in [-0.39, 0.29) is 0 Å². The van der Waals surface area contributed by atoms with Crippen LogP contribution in [0.5, 0.6) is 0 Å². The molecule has 0 unspecified atom stereocenters. The normalized spacial score (nSPS) is 18.6. The highest BCUT2D eigenvalue weighted by atomic mass is 79.9. The van der Waals surface area contributed by atoms with Gasteiger partial charge in [-0.3, -0.25) is 4.79 Å². The number of rotatable bonds is 2. The quantitative estimate of drug-likeness (QED) is 0.876. The Kier molecular flexibility index (Phi) is 2.26. The van der Waals surface area contributed by atoms with Gasteiger partial charge in [0, 0.05) is 12.4 Å². The summed E-state index contributed by atoms with van der Waals surface area (Å²) in [5.41, 5.74) is -0.819. The van der Waals surface area contributed by atoms with Crippen molar-refractivity contribution in [1.82, 2.24) is 9.97 Å². The molecule has 1 heterocycles. The van der Waals surface area contributed by atoms with Crippen molar-refractivity contribution < 1.29 is 9.90 Å². The molecule has 2 rings (SSSR count). The van der Waals surface area contributed by atoms with Crippen LogP contribution in [-0.4, -0.2) is 21.0 Å². The molecule has 1 aromatic heterocycles. The molecule has 0 spiro atoms. The van der Waals surface area contributed by atoms with Crippen molar-refractivity contribution in [3.63, 3.8) is 0 Å². The molecular weight excluding hydrogens is 248 g/mol. The predicted octanol–water partition coefficient (Wildman–Crippen LogP) is 1.75. The molecule has 1 saturated carbocycles. The van der Waals surface area contributed by atoms with Gasteiger partial charge >= 0.3 is 5.97 Å². The van der Waals surface area contributed by atoms with E-state index in [1.54, 1.807) is 12.4 Å². The number of carbonyl (C=O) groups is 1. The fraction of sp³-hybridized carbons (Fsp3) is 0.444. The molecular formula is C9H9BrN2O2. The second-order valence-corrected chi connectivity index (χ2v) is 4.38. The average Bonchev–Trinajstić information content (AvgIpc) is 2.05. The maximum absolute atomic E-state index is 11.1. The molecule has 14 heavy (non-hydrogen) atoms. The van der Waals surface area contributed by atoms with E-state index in [0.717, 1.165) is 10.9 Å². The number of aliphatic carboxylic acids is 1. The van der Waals surface area contributed by atoms with Gasteiger partial charge in [-0.1, -0.05) is 6.42 Å². The molecule has 0 amide bonds. The van der Waals surface area contributed by atoms with Crippen LogP contribution in [0.4, 0.5) is 0 Å². The molecule has 1 aromatic rings. The first-order valence-corrected chi connectivity index (χ1v) is 5.16. The second-order valence-electron chi connectivity index (χ2n) is 3.47. The monoisotopic (exact) mass is 256 g/mol. The third-order valence-electron chi connectivity index (χ3n) is 2.66. The Balaban J connectivity index is 2.37. The molecule has 0 aromatic carbocycles. The van der Waals surface area contributed by atoms with Gasteiger partial charge in [0.15, 0.2) is 0 Å². The molecule has 0 saturated heterocycles. The number of hydrogen-bond acceptors (Lipinski definition) is 3. The number of nitrogens with zero attached hydrogens (tertiary/aromatic N) is 2. The number of carboxylic acid groups (broad SMARTS) is 1. The molecule has 1 fully saturated rings. The summed E-state index contributed by atoms with van der Waals surface area (Å²) in [5, 5.41) is 9.11. The maximum Gasteiger partial charge on any atom is 0.317 e. The standard InChI is InChI=1S/C9H9BrN2O2/c10-6-4-11-7(12-5-6)9(8(13)14)2-1-3-9/h4-5H,1-3H2,(H,13,14). The molecule has 1 N–H and O–H groups in total. The Morgan fingerprint density at radius 3 is 2.36 bits per heavy atom. The van der Waals surface area contributed by atoms with Crippen LogP contribution in [0.3, 0.4) is 0 Å². The zero-order valence-electron chi connectivity index (χ0n) is 7.40. The molecule has 0 radical (unpaired) electrons. The average molecular weight is 257 g/mol. The maximum atomic E-state index is 11.1. The van der Waals surface area contributed by atoms with E-state index in [1.807, 2.05) is 0 Å². The zero-order valence-corrected chi connectivity index (χ0v) is 8.99. The fourth-order valence-corrected chi connectivity index (χ4v) is 1.83. The van der Waals surface area contributed by atoms with Gasteiger partial charge in [-0.25, -0.2) is 9.97 Å². The molecule has 0 atom stereocenters.